The molecule has 2 heterocycles. The lowest BCUT2D eigenvalue weighted by atomic mass is 9.86. The lowest BCUT2D eigenvalue weighted by Crippen LogP contribution is -2.45. The van der Waals surface area contributed by atoms with E-state index >= 15 is 0 Å². The van der Waals surface area contributed by atoms with Gasteiger partial charge < -0.3 is 15.0 Å². The van der Waals surface area contributed by atoms with Crippen molar-refractivity contribution in [1.82, 2.24) is 20.0 Å². The quantitative estimate of drug-likeness (QED) is 0.677. The number of carbonyl (C=O) groups excluding carboxylic acids is 2. The molecule has 6 heteroatoms. The molecule has 3 aromatic rings. The Labute approximate surface area is 171 Å². The predicted molar refractivity (Wildman–Crippen MR) is 114 cm³/mol. The first-order valence-corrected chi connectivity index (χ1v) is 9.86. The van der Waals surface area contributed by atoms with Crippen LogP contribution in [0.5, 0.6) is 0 Å². The van der Waals surface area contributed by atoms with Crippen molar-refractivity contribution in [1.29, 1.82) is 0 Å². The van der Waals surface area contributed by atoms with E-state index in [4.69, 9.17) is 0 Å². The van der Waals surface area contributed by atoms with Crippen molar-refractivity contribution < 1.29 is 9.59 Å². The minimum absolute atomic E-state index is 0.0309. The summed E-state index contributed by atoms with van der Waals surface area (Å²) in [6.45, 7) is 8.52. The number of nitrogens with one attached hydrogen (secondary N) is 2. The van der Waals surface area contributed by atoms with Crippen LogP contribution in [0.25, 0.3) is 5.65 Å². The molecule has 1 aromatic carbocycles. The highest BCUT2D eigenvalue weighted by atomic mass is 16.2. The van der Waals surface area contributed by atoms with E-state index in [-0.39, 0.29) is 17.2 Å². The van der Waals surface area contributed by atoms with Gasteiger partial charge in [-0.05, 0) is 42.2 Å². The number of carbonyl (C=O) groups is 2. The Morgan fingerprint density at radius 2 is 1.83 bits per heavy atom. The molecule has 2 N–H and O–H groups in total. The number of hydrogen-bond acceptors (Lipinski definition) is 3. The summed E-state index contributed by atoms with van der Waals surface area (Å²) in [7, 11) is 0. The fourth-order valence-corrected chi connectivity index (χ4v) is 3.04. The molecule has 0 saturated carbocycles. The summed E-state index contributed by atoms with van der Waals surface area (Å²) in [5.74, 6) is -0.470. The molecule has 1 atom stereocenters. The molecule has 152 valence electrons. The molecule has 0 spiro atoms. The van der Waals surface area contributed by atoms with Crippen LogP contribution in [0.2, 0.25) is 0 Å². The number of pyridine rings is 1. The number of nitrogens with zero attached hydrogens (tertiary/aromatic N) is 2. The summed E-state index contributed by atoms with van der Waals surface area (Å²) in [4.78, 5) is 29.2. The Kier molecular flexibility index (Phi) is 6.01. The Bertz CT molecular complexity index is 967. The molecule has 2 amide bonds. The van der Waals surface area contributed by atoms with Gasteiger partial charge >= 0.3 is 0 Å². The Morgan fingerprint density at radius 1 is 1.10 bits per heavy atom. The first-order valence-electron chi connectivity index (χ1n) is 9.86. The van der Waals surface area contributed by atoms with Gasteiger partial charge in [0.25, 0.3) is 5.91 Å². The van der Waals surface area contributed by atoms with Gasteiger partial charge in [0.15, 0.2) is 0 Å². The van der Waals surface area contributed by atoms with E-state index in [1.54, 1.807) is 19.1 Å². The van der Waals surface area contributed by atoms with Gasteiger partial charge in [0, 0.05) is 30.9 Å². The van der Waals surface area contributed by atoms with Gasteiger partial charge in [-0.2, -0.15) is 0 Å². The molecule has 6 nitrogen and oxygen atoms in total. The molecule has 0 aliphatic rings. The van der Waals surface area contributed by atoms with Crippen molar-refractivity contribution in [3.63, 3.8) is 0 Å². The highest BCUT2D eigenvalue weighted by molar-refractivity contribution is 5.97. The molecule has 0 saturated heterocycles. The molecule has 0 radical (unpaired) electrons. The van der Waals surface area contributed by atoms with Crippen LogP contribution in [-0.4, -0.2) is 33.8 Å². The van der Waals surface area contributed by atoms with Crippen molar-refractivity contribution in [2.24, 2.45) is 0 Å². The number of imidazole rings is 1. The molecule has 1 unspecified atom stereocenters. The minimum Gasteiger partial charge on any atom is -0.354 e. The lowest BCUT2D eigenvalue weighted by Gasteiger charge is -2.19. The zero-order chi connectivity index (χ0) is 21.0. The van der Waals surface area contributed by atoms with Gasteiger partial charge in [0.05, 0.1) is 5.69 Å². The number of fused-ring (bicyclic) bond motifs is 1. The minimum atomic E-state index is -0.620. The molecule has 0 bridgehead atoms. The van der Waals surface area contributed by atoms with Crippen molar-refractivity contribution in [2.75, 3.05) is 6.54 Å². The van der Waals surface area contributed by atoms with E-state index in [0.717, 1.165) is 16.9 Å². The molecular formula is C23H28N4O2. The average Bonchev–Trinajstić information content (AvgIpc) is 3.10. The van der Waals surface area contributed by atoms with Crippen LogP contribution in [0.4, 0.5) is 0 Å². The van der Waals surface area contributed by atoms with Crippen molar-refractivity contribution in [3.8, 4) is 0 Å². The number of aromatic nitrogens is 2. The zero-order valence-electron chi connectivity index (χ0n) is 17.4. The van der Waals surface area contributed by atoms with Crippen LogP contribution in [0.1, 0.15) is 49.3 Å². The van der Waals surface area contributed by atoms with E-state index < -0.39 is 6.04 Å². The van der Waals surface area contributed by atoms with Crippen LogP contribution in [0.3, 0.4) is 0 Å². The second kappa shape index (κ2) is 8.47. The third-order valence-corrected chi connectivity index (χ3v) is 4.85. The molecule has 0 aliphatic carbocycles. The van der Waals surface area contributed by atoms with Crippen molar-refractivity contribution in [2.45, 2.75) is 45.6 Å². The number of benzene rings is 1. The molecule has 0 aliphatic heterocycles. The topological polar surface area (TPSA) is 75.5 Å². The third-order valence-electron chi connectivity index (χ3n) is 4.85. The molecule has 3 rings (SSSR count). The van der Waals surface area contributed by atoms with Gasteiger partial charge in [0.2, 0.25) is 5.91 Å². The summed E-state index contributed by atoms with van der Waals surface area (Å²) < 4.78 is 1.95. The van der Waals surface area contributed by atoms with Gasteiger partial charge in [-0.25, -0.2) is 4.98 Å². The van der Waals surface area contributed by atoms with Crippen molar-refractivity contribution in [3.05, 3.63) is 71.7 Å². The van der Waals surface area contributed by atoms with Gasteiger partial charge in [-0.1, -0.05) is 39.0 Å². The average molecular weight is 393 g/mol. The Balaban J connectivity index is 1.48. The number of rotatable bonds is 6. The SMILES string of the molecule is CC(NC(=O)c1ccc(C(C)(C)C)cc1)C(=O)NCCc1cn2ccccc2n1. The molecule has 0 fully saturated rings. The number of amides is 2. The van der Waals surface area contributed by atoms with E-state index in [1.165, 1.54) is 0 Å². The number of hydrogen-bond donors (Lipinski definition) is 2. The van der Waals surface area contributed by atoms with E-state index in [1.807, 2.05) is 47.1 Å². The van der Waals surface area contributed by atoms with Crippen LogP contribution in [0.15, 0.2) is 54.9 Å². The van der Waals surface area contributed by atoms with E-state index in [0.29, 0.717) is 18.5 Å². The fraction of sp³-hybridized carbons (Fsp3) is 0.348. The highest BCUT2D eigenvalue weighted by Gasteiger charge is 2.18. The Hall–Kier alpha value is -3.15. The van der Waals surface area contributed by atoms with E-state index in [9.17, 15) is 9.59 Å². The zero-order valence-corrected chi connectivity index (χ0v) is 17.4. The smallest absolute Gasteiger partial charge is 0.251 e. The van der Waals surface area contributed by atoms with Crippen LogP contribution < -0.4 is 10.6 Å². The predicted octanol–water partition coefficient (Wildman–Crippen LogP) is 3.11. The van der Waals surface area contributed by atoms with Crippen LogP contribution in [-0.2, 0) is 16.6 Å². The fourth-order valence-electron chi connectivity index (χ4n) is 3.04. The van der Waals surface area contributed by atoms with Gasteiger partial charge in [-0.3, -0.25) is 9.59 Å². The second-order valence-electron chi connectivity index (χ2n) is 8.26. The summed E-state index contributed by atoms with van der Waals surface area (Å²) in [5.41, 5.74) is 3.52. The maximum atomic E-state index is 12.4. The largest absolute Gasteiger partial charge is 0.354 e. The molecule has 29 heavy (non-hydrogen) atoms. The maximum Gasteiger partial charge on any atom is 0.251 e. The molecule has 2 aromatic heterocycles. The maximum absolute atomic E-state index is 12.4. The van der Waals surface area contributed by atoms with Crippen LogP contribution >= 0.6 is 0 Å². The van der Waals surface area contributed by atoms with Gasteiger partial charge in [0.1, 0.15) is 11.7 Å². The normalized spacial score (nSPS) is 12.6. The first-order chi connectivity index (χ1) is 13.7. The summed E-state index contributed by atoms with van der Waals surface area (Å²) in [5, 5.41) is 5.61. The molecular weight excluding hydrogens is 364 g/mol. The van der Waals surface area contributed by atoms with Crippen LogP contribution in [0, 0.1) is 0 Å². The van der Waals surface area contributed by atoms with E-state index in [2.05, 4.69) is 36.4 Å². The summed E-state index contributed by atoms with van der Waals surface area (Å²) >= 11 is 0. The summed E-state index contributed by atoms with van der Waals surface area (Å²) in [6, 6.07) is 12.7. The Morgan fingerprint density at radius 3 is 2.48 bits per heavy atom. The monoisotopic (exact) mass is 392 g/mol. The third kappa shape index (κ3) is 5.22. The van der Waals surface area contributed by atoms with Crippen molar-refractivity contribution >= 4 is 17.5 Å². The standard InChI is InChI=1S/C23H28N4O2/c1-16(25-22(29)17-8-10-18(11-9-17)23(2,3)4)21(28)24-13-12-19-15-27-14-6-5-7-20(27)26-19/h5-11,14-16H,12-13H2,1-4H3,(H,24,28)(H,25,29). The summed E-state index contributed by atoms with van der Waals surface area (Å²) in [6.07, 6.45) is 4.52. The highest BCUT2D eigenvalue weighted by Crippen LogP contribution is 2.22. The second-order valence-corrected chi connectivity index (χ2v) is 8.26. The lowest BCUT2D eigenvalue weighted by molar-refractivity contribution is -0.122. The van der Waals surface area contributed by atoms with Gasteiger partial charge in [-0.15, -0.1) is 0 Å². The first kappa shape index (κ1) is 20.6.